The predicted octanol–water partition coefficient (Wildman–Crippen LogP) is 5.24. The topological polar surface area (TPSA) is 95.6 Å². The lowest BCUT2D eigenvalue weighted by Gasteiger charge is -2.12. The lowest BCUT2D eigenvalue weighted by atomic mass is 10.1. The van der Waals surface area contributed by atoms with Crippen LogP contribution in [0.3, 0.4) is 0 Å². The normalized spacial score (nSPS) is 11.1. The molecule has 7 heteroatoms. The second-order valence-corrected chi connectivity index (χ2v) is 7.95. The van der Waals surface area contributed by atoms with Crippen molar-refractivity contribution in [3.8, 4) is 0 Å². The Hall–Kier alpha value is -4.78. The van der Waals surface area contributed by atoms with Crippen LogP contribution in [0, 0.1) is 0 Å². The minimum atomic E-state index is -0.131. The fraction of sp³-hybridized carbons (Fsp3) is 0.0714. The van der Waals surface area contributed by atoms with Gasteiger partial charge in [0.15, 0.2) is 0 Å². The number of amides is 1. The van der Waals surface area contributed by atoms with Gasteiger partial charge in [0.25, 0.3) is 5.91 Å². The summed E-state index contributed by atoms with van der Waals surface area (Å²) in [5.74, 6) is -0.131. The zero-order valence-electron chi connectivity index (χ0n) is 19.0. The average Bonchev–Trinajstić information content (AvgIpc) is 3.31. The van der Waals surface area contributed by atoms with Gasteiger partial charge in [-0.25, -0.2) is 0 Å². The largest absolute Gasteiger partial charge is 0.355 e. The van der Waals surface area contributed by atoms with Crippen molar-refractivity contribution in [1.29, 1.82) is 0 Å². The first-order valence-corrected chi connectivity index (χ1v) is 11.4. The molecule has 0 fully saturated rings. The highest BCUT2D eigenvalue weighted by atomic mass is 16.1. The van der Waals surface area contributed by atoms with Gasteiger partial charge in [-0.05, 0) is 66.7 Å². The number of nitrogens with one attached hydrogen (secondary N) is 3. The second kappa shape index (κ2) is 10.4. The van der Waals surface area contributed by atoms with Gasteiger partial charge < -0.3 is 10.6 Å². The molecule has 0 saturated carbocycles. The van der Waals surface area contributed by atoms with Crippen molar-refractivity contribution in [2.75, 3.05) is 11.9 Å². The fourth-order valence-corrected chi connectivity index (χ4v) is 3.78. The summed E-state index contributed by atoms with van der Waals surface area (Å²) in [6.07, 6.45) is 8.07. The highest BCUT2D eigenvalue weighted by Gasteiger charge is 2.12. The summed E-state index contributed by atoms with van der Waals surface area (Å²) in [7, 11) is 0. The van der Waals surface area contributed by atoms with E-state index in [9.17, 15) is 4.79 Å². The van der Waals surface area contributed by atoms with E-state index >= 15 is 0 Å². The number of fused-ring (bicyclic) bond motifs is 1. The van der Waals surface area contributed by atoms with Gasteiger partial charge >= 0.3 is 0 Å². The van der Waals surface area contributed by atoms with E-state index in [0.29, 0.717) is 18.5 Å². The first kappa shape index (κ1) is 22.0. The Balaban J connectivity index is 1.28. The van der Waals surface area contributed by atoms with E-state index in [2.05, 4.69) is 30.8 Å². The molecule has 35 heavy (non-hydrogen) atoms. The zero-order valence-corrected chi connectivity index (χ0v) is 19.0. The van der Waals surface area contributed by atoms with Crippen LogP contribution >= 0.6 is 0 Å². The number of aromatic amines is 1. The second-order valence-electron chi connectivity index (χ2n) is 7.95. The van der Waals surface area contributed by atoms with Crippen LogP contribution in [0.2, 0.25) is 0 Å². The summed E-state index contributed by atoms with van der Waals surface area (Å²) in [5, 5.41) is 14.9. The summed E-state index contributed by atoms with van der Waals surface area (Å²) in [5.41, 5.74) is 5.72. The van der Waals surface area contributed by atoms with Crippen molar-refractivity contribution < 1.29 is 4.79 Å². The quantitative estimate of drug-likeness (QED) is 0.294. The average molecular weight is 461 g/mol. The lowest BCUT2D eigenvalue weighted by Crippen LogP contribution is -2.26. The number of para-hydroxylation sites is 1. The van der Waals surface area contributed by atoms with E-state index in [-0.39, 0.29) is 5.91 Å². The molecule has 2 aromatic carbocycles. The molecule has 3 aromatic heterocycles. The van der Waals surface area contributed by atoms with Crippen molar-refractivity contribution in [3.63, 3.8) is 0 Å². The number of hydrogen-bond donors (Lipinski definition) is 3. The van der Waals surface area contributed by atoms with Gasteiger partial charge in [-0.15, -0.1) is 0 Å². The minimum Gasteiger partial charge on any atom is -0.355 e. The van der Waals surface area contributed by atoms with E-state index in [1.165, 1.54) is 0 Å². The lowest BCUT2D eigenvalue weighted by molar-refractivity contribution is 0.0955. The van der Waals surface area contributed by atoms with Crippen LogP contribution < -0.4 is 10.6 Å². The van der Waals surface area contributed by atoms with Crippen LogP contribution in [0.25, 0.3) is 23.1 Å². The third-order valence-electron chi connectivity index (χ3n) is 5.54. The molecule has 0 bridgehead atoms. The maximum Gasteiger partial charge on any atom is 0.253 e. The van der Waals surface area contributed by atoms with Gasteiger partial charge in [-0.3, -0.25) is 19.9 Å². The standard InChI is InChI=1S/C28H24N6O/c35-28(31-18-15-21-8-4-6-17-30-21)24-9-1-2-10-25(24)32-22-11-13-23-26(33-34-27(23)19-22)14-12-20-7-3-5-16-29-20/h1-14,16-17,19,32H,15,18H2,(H,31,35)(H,33,34)/b14-12+. The molecule has 0 saturated heterocycles. The minimum absolute atomic E-state index is 0.131. The number of hydrogen-bond acceptors (Lipinski definition) is 5. The van der Waals surface area contributed by atoms with Crippen molar-refractivity contribution in [3.05, 3.63) is 114 Å². The molecule has 5 aromatic rings. The molecule has 7 nitrogen and oxygen atoms in total. The smallest absolute Gasteiger partial charge is 0.253 e. The Morgan fingerprint density at radius 3 is 2.54 bits per heavy atom. The molecule has 1 amide bonds. The van der Waals surface area contributed by atoms with Gasteiger partial charge in [-0.1, -0.05) is 24.3 Å². The Morgan fingerprint density at radius 1 is 0.886 bits per heavy atom. The Morgan fingerprint density at radius 2 is 1.71 bits per heavy atom. The Kier molecular flexibility index (Phi) is 6.57. The molecular weight excluding hydrogens is 436 g/mol. The predicted molar refractivity (Wildman–Crippen MR) is 139 cm³/mol. The molecule has 172 valence electrons. The van der Waals surface area contributed by atoms with Gasteiger partial charge in [0.2, 0.25) is 0 Å². The molecule has 3 heterocycles. The maximum atomic E-state index is 12.9. The Bertz CT molecular complexity index is 1460. The first-order valence-electron chi connectivity index (χ1n) is 11.4. The number of pyridine rings is 2. The van der Waals surface area contributed by atoms with E-state index in [1.807, 2.05) is 91.0 Å². The molecule has 0 aliphatic carbocycles. The monoisotopic (exact) mass is 460 g/mol. The molecule has 0 aliphatic heterocycles. The number of aromatic nitrogens is 4. The van der Waals surface area contributed by atoms with Crippen LogP contribution in [-0.4, -0.2) is 32.6 Å². The summed E-state index contributed by atoms with van der Waals surface area (Å²) >= 11 is 0. The molecule has 0 aliphatic rings. The van der Waals surface area contributed by atoms with Crippen LogP contribution in [0.15, 0.2) is 91.3 Å². The van der Waals surface area contributed by atoms with Gasteiger partial charge in [0.05, 0.1) is 28.2 Å². The molecule has 0 radical (unpaired) electrons. The summed E-state index contributed by atoms with van der Waals surface area (Å²) < 4.78 is 0. The summed E-state index contributed by atoms with van der Waals surface area (Å²) in [6.45, 7) is 0.513. The van der Waals surface area contributed by atoms with Gasteiger partial charge in [-0.2, -0.15) is 5.10 Å². The molecule has 0 atom stereocenters. The molecule has 5 rings (SSSR count). The molecular formula is C28H24N6O. The van der Waals surface area contributed by atoms with Gasteiger partial charge in [0.1, 0.15) is 0 Å². The highest BCUT2D eigenvalue weighted by Crippen LogP contribution is 2.26. The zero-order chi connectivity index (χ0) is 23.9. The van der Waals surface area contributed by atoms with Crippen molar-refractivity contribution in [2.45, 2.75) is 6.42 Å². The fourth-order valence-electron chi connectivity index (χ4n) is 3.78. The number of benzene rings is 2. The number of carbonyl (C=O) groups is 1. The van der Waals surface area contributed by atoms with E-state index < -0.39 is 0 Å². The summed E-state index contributed by atoms with van der Waals surface area (Å²) in [6, 6.07) is 25.0. The third kappa shape index (κ3) is 5.42. The SMILES string of the molecule is O=C(NCCc1ccccn1)c1ccccc1Nc1ccc2c(/C=C/c3ccccn3)n[nH]c2c1. The van der Waals surface area contributed by atoms with Crippen LogP contribution in [0.5, 0.6) is 0 Å². The van der Waals surface area contributed by atoms with Crippen molar-refractivity contribution >= 4 is 40.3 Å². The third-order valence-corrected chi connectivity index (χ3v) is 5.54. The summed E-state index contributed by atoms with van der Waals surface area (Å²) in [4.78, 5) is 21.5. The van der Waals surface area contributed by atoms with Crippen molar-refractivity contribution in [2.24, 2.45) is 0 Å². The molecule has 0 unspecified atom stereocenters. The van der Waals surface area contributed by atoms with Gasteiger partial charge in [0, 0.05) is 42.1 Å². The number of anilines is 2. The number of rotatable bonds is 8. The maximum absolute atomic E-state index is 12.9. The van der Waals surface area contributed by atoms with E-state index in [4.69, 9.17) is 0 Å². The number of carbonyl (C=O) groups excluding carboxylic acids is 1. The van der Waals surface area contributed by atoms with E-state index in [1.54, 1.807) is 12.4 Å². The molecule has 3 N–H and O–H groups in total. The van der Waals surface area contributed by atoms with E-state index in [0.717, 1.165) is 39.4 Å². The Labute approximate surface area is 203 Å². The van der Waals surface area contributed by atoms with Crippen LogP contribution in [0.4, 0.5) is 11.4 Å². The first-order chi connectivity index (χ1) is 17.3. The highest BCUT2D eigenvalue weighted by molar-refractivity contribution is 6.00. The number of H-pyrrole nitrogens is 1. The van der Waals surface area contributed by atoms with Crippen LogP contribution in [0.1, 0.15) is 27.4 Å². The van der Waals surface area contributed by atoms with Crippen molar-refractivity contribution in [1.82, 2.24) is 25.5 Å². The molecule has 0 spiro atoms. The van der Waals surface area contributed by atoms with Crippen LogP contribution in [-0.2, 0) is 6.42 Å². The number of nitrogens with zero attached hydrogens (tertiary/aromatic N) is 3.